The van der Waals surface area contributed by atoms with Crippen LogP contribution >= 0.6 is 0 Å². The van der Waals surface area contributed by atoms with E-state index in [0.29, 0.717) is 18.4 Å². The van der Waals surface area contributed by atoms with Gasteiger partial charge in [-0.25, -0.2) is 0 Å². The van der Waals surface area contributed by atoms with Crippen molar-refractivity contribution in [1.29, 1.82) is 0 Å². The molecule has 0 aromatic heterocycles. The second-order valence-corrected chi connectivity index (χ2v) is 6.91. The summed E-state index contributed by atoms with van der Waals surface area (Å²) in [6.07, 6.45) is 2.17. The normalized spacial score (nSPS) is 24.3. The van der Waals surface area contributed by atoms with Crippen LogP contribution in [-0.4, -0.2) is 34.9 Å². The third kappa shape index (κ3) is 4.56. The van der Waals surface area contributed by atoms with Crippen molar-refractivity contribution in [3.8, 4) is 0 Å². The number of Topliss-reactive ketones (excluding diaryl/α,β-unsaturated/α-hetero) is 1. The van der Waals surface area contributed by atoms with E-state index in [1.165, 1.54) is 0 Å². The monoisotopic (exact) mass is 338 g/mol. The predicted octanol–water partition coefficient (Wildman–Crippen LogP) is 4.24. The van der Waals surface area contributed by atoms with E-state index in [1.54, 1.807) is 12.1 Å². The van der Waals surface area contributed by atoms with E-state index in [2.05, 4.69) is 4.90 Å². The Bertz CT molecular complexity index is 717. The van der Waals surface area contributed by atoms with Crippen LogP contribution in [0.4, 0.5) is 0 Å². The van der Waals surface area contributed by atoms with Gasteiger partial charge >= 0.3 is 0 Å². The molecule has 3 nitrogen and oxygen atoms in total. The number of hydrogen-bond acceptors (Lipinski definition) is 3. The van der Waals surface area contributed by atoms with Crippen molar-refractivity contribution >= 4 is 5.78 Å². The van der Waals surface area contributed by atoms with E-state index in [1.807, 2.05) is 55.6 Å². The Morgan fingerprint density at radius 2 is 1.72 bits per heavy atom. The molecule has 1 aliphatic rings. The lowest BCUT2D eigenvalue weighted by atomic mass is 9.88. The van der Waals surface area contributed by atoms with Gasteiger partial charge in [0.05, 0.1) is 7.45 Å². The fraction of sp³-hybridized carbons (Fsp3) is 0.409. The molecule has 3 rings (SSSR count). The van der Waals surface area contributed by atoms with Gasteiger partial charge in [-0.05, 0) is 31.9 Å². The van der Waals surface area contributed by atoms with Crippen molar-refractivity contribution in [3.63, 3.8) is 0 Å². The Kier molecular flexibility index (Phi) is 5.55. The van der Waals surface area contributed by atoms with E-state index in [-0.39, 0.29) is 17.9 Å². The van der Waals surface area contributed by atoms with E-state index in [4.69, 9.17) is 1.37 Å². The van der Waals surface area contributed by atoms with Crippen LogP contribution < -0.4 is 0 Å². The molecule has 0 amide bonds. The van der Waals surface area contributed by atoms with Crippen LogP contribution in [0, 0.1) is 0 Å². The van der Waals surface area contributed by atoms with E-state index in [0.717, 1.165) is 24.8 Å². The Morgan fingerprint density at radius 1 is 1.12 bits per heavy atom. The lowest BCUT2D eigenvalue weighted by Gasteiger charge is -2.40. The maximum absolute atomic E-state index is 12.6. The molecule has 0 aliphatic carbocycles. The van der Waals surface area contributed by atoms with Crippen molar-refractivity contribution in [1.82, 2.24) is 4.90 Å². The Hall–Kier alpha value is -1.97. The van der Waals surface area contributed by atoms with Crippen LogP contribution in [0.1, 0.15) is 55.5 Å². The van der Waals surface area contributed by atoms with E-state index in [9.17, 15) is 9.90 Å². The van der Waals surface area contributed by atoms with Crippen LogP contribution in [0.15, 0.2) is 60.7 Å². The summed E-state index contributed by atoms with van der Waals surface area (Å²) in [6.45, 7) is 0. The maximum Gasteiger partial charge on any atom is 0.164 e. The molecule has 1 N–H and O–H groups in total. The van der Waals surface area contributed by atoms with Crippen molar-refractivity contribution in [2.45, 2.75) is 50.3 Å². The van der Waals surface area contributed by atoms with Crippen LogP contribution in [0.5, 0.6) is 0 Å². The van der Waals surface area contributed by atoms with Crippen LogP contribution in [0.2, 0.25) is 0 Å². The molecule has 25 heavy (non-hydrogen) atoms. The van der Waals surface area contributed by atoms with Gasteiger partial charge in [-0.2, -0.15) is 0 Å². The lowest BCUT2D eigenvalue weighted by molar-refractivity contribution is 0.0549. The summed E-state index contributed by atoms with van der Waals surface area (Å²) in [6, 6.07) is 18.9. The second kappa shape index (κ2) is 8.41. The van der Waals surface area contributed by atoms with Crippen LogP contribution in [0.25, 0.3) is 0 Å². The number of carbonyl (C=O) groups is 1. The molecule has 0 bridgehead atoms. The average Bonchev–Trinajstić information content (AvgIpc) is 2.66. The Balaban J connectivity index is 1.66. The number of hydrogen-bond donors (Lipinski definition) is 1. The zero-order valence-corrected chi connectivity index (χ0v) is 14.8. The van der Waals surface area contributed by atoms with Gasteiger partial charge in [0.15, 0.2) is 5.78 Å². The molecule has 0 saturated carbocycles. The summed E-state index contributed by atoms with van der Waals surface area (Å²) in [7, 11) is 2.02. The number of likely N-dealkylation sites (tertiary alicyclic amines) is 1. The van der Waals surface area contributed by atoms with Gasteiger partial charge in [0.2, 0.25) is 0 Å². The lowest BCUT2D eigenvalue weighted by Crippen LogP contribution is -2.45. The third-order valence-corrected chi connectivity index (χ3v) is 5.28. The Morgan fingerprint density at radius 3 is 2.40 bits per heavy atom. The van der Waals surface area contributed by atoms with E-state index >= 15 is 0 Å². The highest BCUT2D eigenvalue weighted by atomic mass is 16.3. The molecule has 3 atom stereocenters. The molecule has 0 radical (unpaired) electrons. The molecule has 1 heterocycles. The quantitative estimate of drug-likeness (QED) is 0.801. The van der Waals surface area contributed by atoms with Gasteiger partial charge in [-0.15, -0.1) is 0 Å². The van der Waals surface area contributed by atoms with Gasteiger partial charge in [-0.1, -0.05) is 67.1 Å². The minimum Gasteiger partial charge on any atom is -0.388 e. The molecule has 0 spiro atoms. The van der Waals surface area contributed by atoms with Gasteiger partial charge < -0.3 is 5.11 Å². The molecule has 2 aromatic carbocycles. The standard InChI is InChI=1S/C22H27NO2/c1-23-19(15-21(24)17-9-4-2-5-10-17)13-8-14-20(23)16-22(25)18-11-6-3-7-12-18/h2-7,9-12,19-21,24H,8,13-16H2,1H3/t19-,20+,21?/m0/s1/i21D. The highest BCUT2D eigenvalue weighted by Crippen LogP contribution is 2.30. The van der Waals surface area contributed by atoms with Crippen molar-refractivity contribution in [2.24, 2.45) is 0 Å². The number of carbonyl (C=O) groups excluding carboxylic acids is 1. The minimum atomic E-state index is -1.61. The fourth-order valence-corrected chi connectivity index (χ4v) is 3.71. The summed E-state index contributed by atoms with van der Waals surface area (Å²) in [5.41, 5.74) is 1.38. The van der Waals surface area contributed by atoms with Crippen molar-refractivity contribution in [2.75, 3.05) is 7.05 Å². The number of ketones is 1. The first-order valence-corrected chi connectivity index (χ1v) is 9.05. The molecule has 1 fully saturated rings. The molecule has 1 aliphatic heterocycles. The molecule has 132 valence electrons. The number of rotatable bonds is 6. The number of nitrogens with zero attached hydrogens (tertiary/aromatic N) is 1. The van der Waals surface area contributed by atoms with Gasteiger partial charge in [0, 0.05) is 24.1 Å². The van der Waals surface area contributed by atoms with Crippen LogP contribution in [-0.2, 0) is 0 Å². The number of aliphatic hydroxyl groups is 1. The van der Waals surface area contributed by atoms with Crippen molar-refractivity contribution < 1.29 is 11.3 Å². The first-order valence-electron chi connectivity index (χ1n) is 9.55. The number of benzene rings is 2. The van der Waals surface area contributed by atoms with Gasteiger partial charge in [0.1, 0.15) is 0 Å². The molecular formula is C22H27NO2. The van der Waals surface area contributed by atoms with Crippen LogP contribution in [0.3, 0.4) is 0 Å². The van der Waals surface area contributed by atoms with Gasteiger partial charge in [0.25, 0.3) is 0 Å². The summed E-state index contributed by atoms with van der Waals surface area (Å²) < 4.78 is 8.40. The SMILES string of the molecule is [2H]C(O)(C[C@@H]1CCC[C@H](CC(=O)c2ccccc2)N1C)c1ccccc1. The zero-order valence-electron chi connectivity index (χ0n) is 15.8. The Labute approximate surface area is 151 Å². The zero-order chi connectivity index (χ0) is 18.6. The van der Waals surface area contributed by atoms with Gasteiger partial charge in [-0.3, -0.25) is 9.69 Å². The molecule has 1 unspecified atom stereocenters. The maximum atomic E-state index is 12.6. The molecule has 1 saturated heterocycles. The highest BCUT2D eigenvalue weighted by Gasteiger charge is 2.30. The summed E-state index contributed by atoms with van der Waals surface area (Å²) in [4.78, 5) is 14.8. The topological polar surface area (TPSA) is 40.5 Å². The largest absolute Gasteiger partial charge is 0.388 e. The minimum absolute atomic E-state index is 0.0972. The summed E-state index contributed by atoms with van der Waals surface area (Å²) in [5.74, 6) is 0.160. The fourth-order valence-electron chi connectivity index (χ4n) is 3.71. The first kappa shape index (κ1) is 16.5. The van der Waals surface area contributed by atoms with E-state index < -0.39 is 6.08 Å². The summed E-state index contributed by atoms with van der Waals surface area (Å²) >= 11 is 0. The highest BCUT2D eigenvalue weighted by molar-refractivity contribution is 5.96. The molecule has 2 aromatic rings. The second-order valence-electron chi connectivity index (χ2n) is 6.91. The predicted molar refractivity (Wildman–Crippen MR) is 101 cm³/mol. The first-order chi connectivity index (χ1) is 12.5. The molecular weight excluding hydrogens is 310 g/mol. The molecule has 3 heteroatoms. The third-order valence-electron chi connectivity index (χ3n) is 5.28. The summed E-state index contributed by atoms with van der Waals surface area (Å²) in [5, 5.41) is 10.7. The number of piperidine rings is 1. The van der Waals surface area contributed by atoms with Crippen molar-refractivity contribution in [3.05, 3.63) is 71.8 Å². The average molecular weight is 338 g/mol. The smallest absolute Gasteiger partial charge is 0.164 e.